The summed E-state index contributed by atoms with van der Waals surface area (Å²) in [5.74, 6) is 0.237. The lowest BCUT2D eigenvalue weighted by Crippen LogP contribution is -2.48. The Labute approximate surface area is 115 Å². The van der Waals surface area contributed by atoms with Crippen LogP contribution in [0.1, 0.15) is 32.6 Å². The summed E-state index contributed by atoms with van der Waals surface area (Å²) >= 11 is 0. The average molecular weight is 289 g/mol. The molecule has 0 unspecified atom stereocenters. The molecule has 2 fully saturated rings. The molecule has 1 saturated heterocycles. The Kier molecular flexibility index (Phi) is 4.81. The number of nitrogens with one attached hydrogen (secondary N) is 2. The number of nitrogens with zero attached hydrogens (tertiary/aromatic N) is 1. The maximum Gasteiger partial charge on any atom is 0.236 e. The van der Waals surface area contributed by atoms with E-state index in [1.807, 2.05) is 4.90 Å². The number of amides is 1. The molecule has 1 amide bonds. The monoisotopic (exact) mass is 289 g/mol. The highest BCUT2D eigenvalue weighted by atomic mass is 32.2. The molecule has 6 nitrogen and oxygen atoms in total. The van der Waals surface area contributed by atoms with Crippen LogP contribution in [-0.2, 0) is 14.8 Å². The summed E-state index contributed by atoms with van der Waals surface area (Å²) in [7, 11) is -3.14. The quantitative estimate of drug-likeness (QED) is 0.702. The summed E-state index contributed by atoms with van der Waals surface area (Å²) in [6.45, 7) is 3.32. The third-order valence-corrected chi connectivity index (χ3v) is 5.15. The maximum absolute atomic E-state index is 11.9. The molecule has 0 aromatic carbocycles. The first-order chi connectivity index (χ1) is 9.00. The Balaban J connectivity index is 1.70. The van der Waals surface area contributed by atoms with E-state index in [9.17, 15) is 13.2 Å². The Hall–Kier alpha value is -0.660. The standard InChI is InChI=1S/C12H23N3O3S/c1-2-19(17,18)14-11-5-7-15(8-6-11)12(16)9-13-10-3-4-10/h10-11,13-14H,2-9H2,1H3. The van der Waals surface area contributed by atoms with Gasteiger partial charge in [0.1, 0.15) is 0 Å². The summed E-state index contributed by atoms with van der Waals surface area (Å²) in [6, 6.07) is 0.517. The van der Waals surface area contributed by atoms with Crippen LogP contribution in [-0.4, -0.2) is 56.7 Å². The Morgan fingerprint density at radius 3 is 2.32 bits per heavy atom. The molecule has 1 saturated carbocycles. The van der Waals surface area contributed by atoms with Crippen LogP contribution >= 0.6 is 0 Å². The maximum atomic E-state index is 11.9. The van der Waals surface area contributed by atoms with Crippen LogP contribution in [0, 0.1) is 0 Å². The van der Waals surface area contributed by atoms with Crippen molar-refractivity contribution in [3.8, 4) is 0 Å². The second-order valence-corrected chi connectivity index (χ2v) is 7.37. The summed E-state index contributed by atoms with van der Waals surface area (Å²) in [4.78, 5) is 13.7. The molecule has 110 valence electrons. The molecule has 2 N–H and O–H groups in total. The zero-order valence-electron chi connectivity index (χ0n) is 11.4. The lowest BCUT2D eigenvalue weighted by molar-refractivity contribution is -0.131. The summed E-state index contributed by atoms with van der Waals surface area (Å²) in [5, 5.41) is 3.21. The van der Waals surface area contributed by atoms with Crippen molar-refractivity contribution in [3.05, 3.63) is 0 Å². The summed E-state index contributed by atoms with van der Waals surface area (Å²) in [6.07, 6.45) is 3.76. The molecule has 7 heteroatoms. The number of sulfonamides is 1. The van der Waals surface area contributed by atoms with Gasteiger partial charge in [-0.2, -0.15) is 0 Å². The van der Waals surface area contributed by atoms with Gasteiger partial charge in [-0.05, 0) is 32.6 Å². The Morgan fingerprint density at radius 1 is 1.16 bits per heavy atom. The average Bonchev–Trinajstić information content (AvgIpc) is 3.20. The van der Waals surface area contributed by atoms with Crippen molar-refractivity contribution < 1.29 is 13.2 Å². The molecular weight excluding hydrogens is 266 g/mol. The highest BCUT2D eigenvalue weighted by Crippen LogP contribution is 2.18. The molecular formula is C12H23N3O3S. The van der Waals surface area contributed by atoms with Crippen molar-refractivity contribution in [1.29, 1.82) is 0 Å². The molecule has 0 bridgehead atoms. The fourth-order valence-corrected chi connectivity index (χ4v) is 3.13. The van der Waals surface area contributed by atoms with Crippen LogP contribution in [0.2, 0.25) is 0 Å². The minimum absolute atomic E-state index is 0.0228. The molecule has 2 aliphatic rings. The minimum Gasteiger partial charge on any atom is -0.341 e. The fraction of sp³-hybridized carbons (Fsp3) is 0.917. The number of hydrogen-bond donors (Lipinski definition) is 2. The fourth-order valence-electron chi connectivity index (χ4n) is 2.21. The van der Waals surface area contributed by atoms with Gasteiger partial charge in [0.15, 0.2) is 0 Å². The number of likely N-dealkylation sites (tertiary alicyclic amines) is 1. The SMILES string of the molecule is CCS(=O)(=O)NC1CCN(C(=O)CNC2CC2)CC1. The van der Waals surface area contributed by atoms with Crippen molar-refractivity contribution in [2.45, 2.75) is 44.7 Å². The van der Waals surface area contributed by atoms with E-state index in [0.717, 1.165) is 0 Å². The molecule has 19 heavy (non-hydrogen) atoms. The van der Waals surface area contributed by atoms with Crippen LogP contribution in [0.4, 0.5) is 0 Å². The predicted octanol–water partition coefficient (Wildman–Crippen LogP) is -0.331. The zero-order valence-corrected chi connectivity index (χ0v) is 12.2. The van der Waals surface area contributed by atoms with Gasteiger partial charge in [0.05, 0.1) is 12.3 Å². The van der Waals surface area contributed by atoms with Crippen molar-refractivity contribution in [3.63, 3.8) is 0 Å². The topological polar surface area (TPSA) is 78.5 Å². The van der Waals surface area contributed by atoms with Gasteiger partial charge in [0.25, 0.3) is 0 Å². The Bertz CT molecular complexity index is 412. The van der Waals surface area contributed by atoms with Crippen molar-refractivity contribution in [2.75, 3.05) is 25.4 Å². The highest BCUT2D eigenvalue weighted by Gasteiger charge is 2.26. The van der Waals surface area contributed by atoms with Gasteiger partial charge >= 0.3 is 0 Å². The van der Waals surface area contributed by atoms with E-state index in [4.69, 9.17) is 0 Å². The second-order valence-electron chi connectivity index (χ2n) is 5.33. The van der Waals surface area contributed by atoms with Gasteiger partial charge in [0, 0.05) is 25.2 Å². The molecule has 1 aliphatic heterocycles. The number of carbonyl (C=O) groups is 1. The van der Waals surface area contributed by atoms with E-state index in [0.29, 0.717) is 38.5 Å². The van der Waals surface area contributed by atoms with Crippen molar-refractivity contribution in [2.24, 2.45) is 0 Å². The zero-order chi connectivity index (χ0) is 13.9. The van der Waals surface area contributed by atoms with Crippen LogP contribution in [0.3, 0.4) is 0 Å². The van der Waals surface area contributed by atoms with Crippen molar-refractivity contribution in [1.82, 2.24) is 14.9 Å². The number of hydrogen-bond acceptors (Lipinski definition) is 4. The predicted molar refractivity (Wildman–Crippen MR) is 73.2 cm³/mol. The Morgan fingerprint density at radius 2 is 1.79 bits per heavy atom. The van der Waals surface area contributed by atoms with Crippen LogP contribution in [0.5, 0.6) is 0 Å². The minimum atomic E-state index is -3.14. The molecule has 0 aromatic heterocycles. The molecule has 2 rings (SSSR count). The van der Waals surface area contributed by atoms with Gasteiger partial charge in [0.2, 0.25) is 15.9 Å². The first-order valence-corrected chi connectivity index (χ1v) is 8.66. The van der Waals surface area contributed by atoms with E-state index < -0.39 is 10.0 Å². The van der Waals surface area contributed by atoms with E-state index in [1.165, 1.54) is 12.8 Å². The highest BCUT2D eigenvalue weighted by molar-refractivity contribution is 7.89. The normalized spacial score (nSPS) is 21.6. The van der Waals surface area contributed by atoms with Gasteiger partial charge in [-0.3, -0.25) is 4.79 Å². The first-order valence-electron chi connectivity index (χ1n) is 7.01. The third-order valence-electron chi connectivity index (χ3n) is 3.69. The molecule has 0 aromatic rings. The van der Waals surface area contributed by atoms with E-state index in [-0.39, 0.29) is 17.7 Å². The molecule has 1 heterocycles. The first kappa shape index (κ1) is 14.7. The van der Waals surface area contributed by atoms with E-state index in [1.54, 1.807) is 6.92 Å². The van der Waals surface area contributed by atoms with E-state index in [2.05, 4.69) is 10.0 Å². The van der Waals surface area contributed by atoms with Gasteiger partial charge < -0.3 is 10.2 Å². The smallest absolute Gasteiger partial charge is 0.236 e. The largest absolute Gasteiger partial charge is 0.341 e. The molecule has 1 aliphatic carbocycles. The third kappa shape index (κ3) is 4.74. The van der Waals surface area contributed by atoms with Crippen molar-refractivity contribution >= 4 is 15.9 Å². The molecule has 0 atom stereocenters. The van der Waals surface area contributed by atoms with E-state index >= 15 is 0 Å². The molecule has 0 spiro atoms. The number of piperidine rings is 1. The van der Waals surface area contributed by atoms with Gasteiger partial charge in [-0.25, -0.2) is 13.1 Å². The van der Waals surface area contributed by atoms with Crippen LogP contribution in [0.25, 0.3) is 0 Å². The lowest BCUT2D eigenvalue weighted by Gasteiger charge is -2.32. The second kappa shape index (κ2) is 6.19. The van der Waals surface area contributed by atoms with Gasteiger partial charge in [-0.15, -0.1) is 0 Å². The summed E-state index contributed by atoms with van der Waals surface area (Å²) < 4.78 is 25.6. The van der Waals surface area contributed by atoms with Crippen LogP contribution < -0.4 is 10.0 Å². The molecule has 0 radical (unpaired) electrons. The van der Waals surface area contributed by atoms with Gasteiger partial charge in [-0.1, -0.05) is 0 Å². The number of carbonyl (C=O) groups excluding carboxylic acids is 1. The number of rotatable bonds is 6. The lowest BCUT2D eigenvalue weighted by atomic mass is 10.1. The van der Waals surface area contributed by atoms with Crippen LogP contribution in [0.15, 0.2) is 0 Å². The summed E-state index contributed by atoms with van der Waals surface area (Å²) in [5.41, 5.74) is 0.